The van der Waals surface area contributed by atoms with Crippen molar-refractivity contribution in [2.24, 2.45) is 0 Å². The van der Waals surface area contributed by atoms with Gasteiger partial charge in [0, 0.05) is 58.1 Å². The van der Waals surface area contributed by atoms with E-state index in [9.17, 15) is 9.59 Å². The minimum absolute atomic E-state index is 0.0392. The van der Waals surface area contributed by atoms with Crippen LogP contribution < -0.4 is 15.7 Å². The summed E-state index contributed by atoms with van der Waals surface area (Å²) in [4.78, 5) is 31.4. The second kappa shape index (κ2) is 12.2. The molecule has 0 radical (unpaired) electrons. The lowest BCUT2D eigenvalue weighted by molar-refractivity contribution is 0.193. The van der Waals surface area contributed by atoms with Gasteiger partial charge < -0.3 is 19.5 Å². The van der Waals surface area contributed by atoms with Gasteiger partial charge >= 0.3 is 11.7 Å². The van der Waals surface area contributed by atoms with Crippen molar-refractivity contribution < 1.29 is 9.53 Å². The summed E-state index contributed by atoms with van der Waals surface area (Å²) in [5.41, 5.74) is 1.00. The Morgan fingerprint density at radius 1 is 1.17 bits per heavy atom. The Hall–Kier alpha value is -3.56. The molecule has 188 valence electrons. The number of amides is 2. The van der Waals surface area contributed by atoms with Gasteiger partial charge in [0.15, 0.2) is 0 Å². The van der Waals surface area contributed by atoms with Crippen molar-refractivity contribution in [2.45, 2.75) is 65.2 Å². The second-order valence-electron chi connectivity index (χ2n) is 8.77. The van der Waals surface area contributed by atoms with Crippen LogP contribution in [-0.4, -0.2) is 54.5 Å². The maximum Gasteiger partial charge on any atom is 0.345 e. The maximum atomic E-state index is 13.0. The minimum atomic E-state index is -0.110. The van der Waals surface area contributed by atoms with E-state index >= 15 is 0 Å². The van der Waals surface area contributed by atoms with E-state index in [1.165, 1.54) is 4.68 Å². The molecule has 10 nitrogen and oxygen atoms in total. The summed E-state index contributed by atoms with van der Waals surface area (Å²) in [6.45, 7) is 6.23. The molecule has 2 aromatic heterocycles. The van der Waals surface area contributed by atoms with Crippen molar-refractivity contribution in [1.82, 2.24) is 34.1 Å². The smallest absolute Gasteiger partial charge is 0.345 e. The van der Waals surface area contributed by atoms with Gasteiger partial charge in [0.2, 0.25) is 0 Å². The quantitative estimate of drug-likeness (QED) is 0.401. The fourth-order valence-corrected chi connectivity index (χ4v) is 4.32. The number of nitrogens with one attached hydrogen (secondary N) is 1. The number of carbonyl (C=O) groups is 1. The summed E-state index contributed by atoms with van der Waals surface area (Å²) in [5, 5.41) is 7.49. The maximum absolute atomic E-state index is 13.0. The number of urea groups is 1. The first-order chi connectivity index (χ1) is 17.1. The Balaban J connectivity index is 1.30. The van der Waals surface area contributed by atoms with E-state index in [0.29, 0.717) is 39.2 Å². The molecule has 1 aromatic carbocycles. The van der Waals surface area contributed by atoms with E-state index in [1.54, 1.807) is 17.1 Å². The predicted molar refractivity (Wildman–Crippen MR) is 132 cm³/mol. The number of imidazole rings is 1. The normalized spacial score (nSPS) is 12.8. The largest absolute Gasteiger partial charge is 0.494 e. The lowest BCUT2D eigenvalue weighted by Crippen LogP contribution is -2.41. The molecular weight excluding hydrogens is 446 g/mol. The first-order valence-electron chi connectivity index (χ1n) is 12.5. The average Bonchev–Trinajstić information content (AvgIpc) is 3.50. The van der Waals surface area contributed by atoms with Gasteiger partial charge in [-0.1, -0.05) is 12.1 Å². The summed E-state index contributed by atoms with van der Waals surface area (Å²) in [5.74, 6) is 1.70. The van der Waals surface area contributed by atoms with Gasteiger partial charge in [-0.15, -0.1) is 0 Å². The zero-order valence-electron chi connectivity index (χ0n) is 20.4. The first kappa shape index (κ1) is 24.6. The molecule has 35 heavy (non-hydrogen) atoms. The lowest BCUT2D eigenvalue weighted by Gasteiger charge is -2.23. The zero-order chi connectivity index (χ0) is 24.5. The van der Waals surface area contributed by atoms with Gasteiger partial charge in [-0.25, -0.2) is 19.3 Å². The topological polar surface area (TPSA) is 99.2 Å². The Morgan fingerprint density at radius 2 is 2.03 bits per heavy atom. The highest BCUT2D eigenvalue weighted by molar-refractivity contribution is 5.74. The van der Waals surface area contributed by atoms with E-state index in [2.05, 4.69) is 15.4 Å². The number of nitrogens with zero attached hydrogens (tertiary/aromatic N) is 6. The van der Waals surface area contributed by atoms with Crippen LogP contribution >= 0.6 is 0 Å². The van der Waals surface area contributed by atoms with Gasteiger partial charge in [-0.2, -0.15) is 5.10 Å². The number of rotatable bonds is 12. The van der Waals surface area contributed by atoms with E-state index in [4.69, 9.17) is 4.74 Å². The highest BCUT2D eigenvalue weighted by Gasteiger charge is 2.17. The number of aromatic nitrogens is 5. The van der Waals surface area contributed by atoms with Crippen molar-refractivity contribution in [3.8, 4) is 5.75 Å². The fraction of sp³-hybridized carbons (Fsp3) is 0.520. The third kappa shape index (κ3) is 6.74. The number of benzene rings is 1. The van der Waals surface area contributed by atoms with Crippen molar-refractivity contribution in [3.63, 3.8) is 0 Å². The van der Waals surface area contributed by atoms with Crippen LogP contribution in [0, 0.1) is 0 Å². The molecular formula is C25H35N7O3. The average molecular weight is 482 g/mol. The molecule has 4 rings (SSSR count). The zero-order valence-corrected chi connectivity index (χ0v) is 20.4. The standard InChI is InChI=1S/C25H35N7O3/c1-2-35-22-10-8-21(9-11-22)19-30(15-6-14-29-18-13-26-20-29)24(33)27-12-5-17-32-25(34)31-16-4-3-7-23(31)28-32/h8-11,13,18,20H,2-7,12,14-17,19H2,1H3,(H,27,33). The molecule has 0 unspecified atom stereocenters. The van der Waals surface area contributed by atoms with Crippen molar-refractivity contribution in [3.05, 3.63) is 64.9 Å². The summed E-state index contributed by atoms with van der Waals surface area (Å²) in [6.07, 6.45) is 9.89. The van der Waals surface area contributed by atoms with Crippen LogP contribution in [0.5, 0.6) is 5.75 Å². The van der Waals surface area contributed by atoms with E-state index in [0.717, 1.165) is 55.9 Å². The van der Waals surface area contributed by atoms with Crippen molar-refractivity contribution in [1.29, 1.82) is 0 Å². The molecule has 2 amide bonds. The highest BCUT2D eigenvalue weighted by atomic mass is 16.5. The van der Waals surface area contributed by atoms with Gasteiger partial charge in [0.1, 0.15) is 11.6 Å². The first-order valence-corrected chi connectivity index (χ1v) is 12.5. The number of carbonyl (C=O) groups excluding carboxylic acids is 1. The van der Waals surface area contributed by atoms with Crippen LogP contribution in [0.4, 0.5) is 4.79 Å². The van der Waals surface area contributed by atoms with E-state index in [-0.39, 0.29) is 11.7 Å². The molecule has 3 heterocycles. The van der Waals surface area contributed by atoms with Crippen LogP contribution in [0.15, 0.2) is 47.8 Å². The molecule has 0 aliphatic carbocycles. The van der Waals surface area contributed by atoms with Crippen molar-refractivity contribution in [2.75, 3.05) is 19.7 Å². The molecule has 10 heteroatoms. The molecule has 1 aliphatic rings. The summed E-state index contributed by atoms with van der Waals surface area (Å²) in [7, 11) is 0. The number of fused-ring (bicyclic) bond motifs is 1. The van der Waals surface area contributed by atoms with E-state index in [1.807, 2.05) is 46.9 Å². The molecule has 0 saturated carbocycles. The summed E-state index contributed by atoms with van der Waals surface area (Å²) >= 11 is 0. The number of aryl methyl sites for hydroxylation is 3. The van der Waals surface area contributed by atoms with Crippen LogP contribution in [0.2, 0.25) is 0 Å². The number of hydrogen-bond acceptors (Lipinski definition) is 5. The Labute approximate surface area is 205 Å². The third-order valence-corrected chi connectivity index (χ3v) is 6.15. The molecule has 0 spiro atoms. The van der Waals surface area contributed by atoms with Crippen molar-refractivity contribution >= 4 is 6.03 Å². The van der Waals surface area contributed by atoms with Gasteiger partial charge in [0.25, 0.3) is 0 Å². The molecule has 0 bridgehead atoms. The van der Waals surface area contributed by atoms with Gasteiger partial charge in [0.05, 0.1) is 12.9 Å². The van der Waals surface area contributed by atoms with Gasteiger partial charge in [-0.3, -0.25) is 4.57 Å². The Kier molecular flexibility index (Phi) is 8.58. The van der Waals surface area contributed by atoms with Crippen LogP contribution in [0.1, 0.15) is 44.0 Å². The van der Waals surface area contributed by atoms with E-state index < -0.39 is 0 Å². The lowest BCUT2D eigenvalue weighted by atomic mass is 10.2. The summed E-state index contributed by atoms with van der Waals surface area (Å²) < 4.78 is 10.8. The Morgan fingerprint density at radius 3 is 2.77 bits per heavy atom. The van der Waals surface area contributed by atoms with Crippen LogP contribution in [0.3, 0.4) is 0 Å². The second-order valence-corrected chi connectivity index (χ2v) is 8.77. The minimum Gasteiger partial charge on any atom is -0.494 e. The third-order valence-electron chi connectivity index (χ3n) is 6.15. The monoisotopic (exact) mass is 481 g/mol. The SMILES string of the molecule is CCOc1ccc(CN(CCCn2ccnc2)C(=O)NCCCn2nc3n(c2=O)CCCC3)cc1. The molecule has 1 aliphatic heterocycles. The fourth-order valence-electron chi connectivity index (χ4n) is 4.32. The molecule has 1 N–H and O–H groups in total. The molecule has 0 atom stereocenters. The predicted octanol–water partition coefficient (Wildman–Crippen LogP) is 2.67. The highest BCUT2D eigenvalue weighted by Crippen LogP contribution is 2.14. The molecule has 3 aromatic rings. The number of ether oxygens (including phenoxy) is 1. The number of hydrogen-bond donors (Lipinski definition) is 1. The van der Waals surface area contributed by atoms with Crippen LogP contribution in [-0.2, 0) is 32.6 Å². The van der Waals surface area contributed by atoms with Crippen LogP contribution in [0.25, 0.3) is 0 Å². The molecule has 0 fully saturated rings. The summed E-state index contributed by atoms with van der Waals surface area (Å²) in [6, 6.07) is 7.74. The Bertz CT molecular complexity index is 1120. The molecule has 0 saturated heterocycles. The van der Waals surface area contributed by atoms with Gasteiger partial charge in [-0.05, 0) is 50.3 Å².